The van der Waals surface area contributed by atoms with Crippen LogP contribution in [0.4, 0.5) is 22.0 Å². The maximum atomic E-state index is 13.9. The fraction of sp³-hybridized carbons (Fsp3) is 0.600. The minimum atomic E-state index is -4.35. The largest absolute Gasteiger partial charge is 0.392 e. The lowest BCUT2D eigenvalue weighted by Crippen LogP contribution is -2.40. The quantitative estimate of drug-likeness (QED) is 0.805. The standard InChI is InChI=1S/C15H18F5N/c1-21-14(13-11(16)7-4-8-12(13)17)9-5-2-3-6-10(9)15(18,19)20/h4,7-10,14,21H,2-3,5-6H2,1H3. The molecule has 0 aliphatic heterocycles. The Hall–Kier alpha value is -1.17. The molecule has 0 saturated heterocycles. The highest BCUT2D eigenvalue weighted by molar-refractivity contribution is 5.24. The first-order chi connectivity index (χ1) is 9.86. The molecule has 0 amide bonds. The third kappa shape index (κ3) is 3.36. The maximum Gasteiger partial charge on any atom is 0.392 e. The molecule has 1 saturated carbocycles. The molecular formula is C15H18F5N. The third-order valence-corrected chi connectivity index (χ3v) is 4.29. The molecule has 118 valence electrons. The van der Waals surface area contributed by atoms with E-state index in [1.807, 2.05) is 0 Å². The Kier molecular flexibility index (Phi) is 4.86. The zero-order valence-corrected chi connectivity index (χ0v) is 11.7. The van der Waals surface area contributed by atoms with Gasteiger partial charge in [0.05, 0.1) is 5.92 Å². The summed E-state index contributed by atoms with van der Waals surface area (Å²) in [5.41, 5.74) is -0.291. The Balaban J connectivity index is 2.39. The van der Waals surface area contributed by atoms with Crippen molar-refractivity contribution < 1.29 is 22.0 Å². The number of halogens is 5. The highest BCUT2D eigenvalue weighted by atomic mass is 19.4. The predicted molar refractivity (Wildman–Crippen MR) is 69.7 cm³/mol. The van der Waals surface area contributed by atoms with E-state index < -0.39 is 35.7 Å². The first-order valence-electron chi connectivity index (χ1n) is 7.04. The van der Waals surface area contributed by atoms with Crippen molar-refractivity contribution in [1.29, 1.82) is 0 Å². The van der Waals surface area contributed by atoms with E-state index in [1.165, 1.54) is 13.1 Å². The third-order valence-electron chi connectivity index (χ3n) is 4.29. The number of hydrogen-bond donors (Lipinski definition) is 1. The SMILES string of the molecule is CNC(c1c(F)cccc1F)C1CCCCC1C(F)(F)F. The van der Waals surface area contributed by atoms with E-state index >= 15 is 0 Å². The summed E-state index contributed by atoms with van der Waals surface area (Å²) in [6, 6.07) is 2.39. The highest BCUT2D eigenvalue weighted by Crippen LogP contribution is 2.47. The molecule has 21 heavy (non-hydrogen) atoms. The van der Waals surface area contributed by atoms with Crippen LogP contribution in [0.5, 0.6) is 0 Å². The zero-order chi connectivity index (χ0) is 15.6. The summed E-state index contributed by atoms with van der Waals surface area (Å²) < 4.78 is 67.4. The van der Waals surface area contributed by atoms with Crippen LogP contribution in [0.3, 0.4) is 0 Å². The Morgan fingerprint density at radius 2 is 1.67 bits per heavy atom. The fourth-order valence-electron chi connectivity index (χ4n) is 3.35. The first-order valence-corrected chi connectivity index (χ1v) is 7.04. The summed E-state index contributed by atoms with van der Waals surface area (Å²) in [5, 5.41) is 2.69. The van der Waals surface area contributed by atoms with Crippen LogP contribution in [0.15, 0.2) is 18.2 Å². The lowest BCUT2D eigenvalue weighted by molar-refractivity contribution is -0.199. The Morgan fingerprint density at radius 1 is 1.10 bits per heavy atom. The lowest BCUT2D eigenvalue weighted by Gasteiger charge is -2.38. The molecule has 1 fully saturated rings. The van der Waals surface area contributed by atoms with E-state index in [4.69, 9.17) is 0 Å². The highest BCUT2D eigenvalue weighted by Gasteiger charge is 2.48. The van der Waals surface area contributed by atoms with Crippen LogP contribution in [0.1, 0.15) is 37.3 Å². The molecular weight excluding hydrogens is 289 g/mol. The molecule has 0 bridgehead atoms. The minimum Gasteiger partial charge on any atom is -0.313 e. The summed E-state index contributed by atoms with van der Waals surface area (Å²) in [6.07, 6.45) is -2.88. The van der Waals surface area contributed by atoms with Gasteiger partial charge in [0.1, 0.15) is 11.6 Å². The number of benzene rings is 1. The predicted octanol–water partition coefficient (Wildman–Crippen LogP) is 4.59. The second kappa shape index (κ2) is 6.30. The van der Waals surface area contributed by atoms with Gasteiger partial charge in [0, 0.05) is 11.6 Å². The van der Waals surface area contributed by atoms with Gasteiger partial charge in [-0.25, -0.2) is 8.78 Å². The van der Waals surface area contributed by atoms with Gasteiger partial charge in [-0.15, -0.1) is 0 Å². The number of rotatable bonds is 3. The molecule has 1 nitrogen and oxygen atoms in total. The lowest BCUT2D eigenvalue weighted by atomic mass is 9.73. The van der Waals surface area contributed by atoms with Gasteiger partial charge in [-0.2, -0.15) is 13.2 Å². The Bertz CT molecular complexity index is 465. The molecule has 1 aliphatic carbocycles. The summed E-state index contributed by atoms with van der Waals surface area (Å²) in [4.78, 5) is 0. The monoisotopic (exact) mass is 307 g/mol. The molecule has 0 spiro atoms. The van der Waals surface area contributed by atoms with E-state index in [2.05, 4.69) is 5.32 Å². The van der Waals surface area contributed by atoms with Crippen molar-refractivity contribution >= 4 is 0 Å². The fourth-order valence-corrected chi connectivity index (χ4v) is 3.35. The van der Waals surface area contributed by atoms with Gasteiger partial charge >= 0.3 is 6.18 Å². The van der Waals surface area contributed by atoms with Crippen LogP contribution in [-0.4, -0.2) is 13.2 Å². The molecule has 6 heteroatoms. The van der Waals surface area contributed by atoms with E-state index in [0.29, 0.717) is 19.3 Å². The topological polar surface area (TPSA) is 12.0 Å². The average molecular weight is 307 g/mol. The Labute approximate surface area is 120 Å². The molecule has 3 atom stereocenters. The van der Waals surface area contributed by atoms with Gasteiger partial charge in [-0.3, -0.25) is 0 Å². The van der Waals surface area contributed by atoms with Gasteiger partial charge in [0.2, 0.25) is 0 Å². The van der Waals surface area contributed by atoms with E-state index in [-0.39, 0.29) is 12.0 Å². The maximum absolute atomic E-state index is 13.9. The summed E-state index contributed by atoms with van der Waals surface area (Å²) >= 11 is 0. The number of alkyl halides is 3. The van der Waals surface area contributed by atoms with Gasteiger partial charge in [0.25, 0.3) is 0 Å². The van der Waals surface area contributed by atoms with Crippen LogP contribution in [-0.2, 0) is 0 Å². The van der Waals surface area contributed by atoms with Crippen molar-refractivity contribution in [2.45, 2.75) is 37.9 Å². The summed E-state index contributed by atoms with van der Waals surface area (Å²) in [7, 11) is 1.44. The van der Waals surface area contributed by atoms with Gasteiger partial charge in [-0.1, -0.05) is 18.9 Å². The molecule has 1 N–H and O–H groups in total. The molecule has 0 aromatic heterocycles. The van der Waals surface area contributed by atoms with Gasteiger partial charge in [-0.05, 0) is 37.9 Å². The molecule has 0 heterocycles. The Morgan fingerprint density at radius 3 is 2.19 bits per heavy atom. The van der Waals surface area contributed by atoms with E-state index in [9.17, 15) is 22.0 Å². The van der Waals surface area contributed by atoms with Crippen molar-refractivity contribution in [3.05, 3.63) is 35.4 Å². The molecule has 1 aromatic carbocycles. The zero-order valence-electron chi connectivity index (χ0n) is 11.7. The normalized spacial score (nSPS) is 24.9. The van der Waals surface area contributed by atoms with Gasteiger partial charge in [0.15, 0.2) is 0 Å². The second-order valence-electron chi connectivity index (χ2n) is 5.50. The average Bonchev–Trinajstić information content (AvgIpc) is 2.42. The number of hydrogen-bond acceptors (Lipinski definition) is 1. The van der Waals surface area contributed by atoms with Crippen LogP contribution in [0.2, 0.25) is 0 Å². The summed E-state index contributed by atoms with van der Waals surface area (Å²) in [6.45, 7) is 0. The van der Waals surface area contributed by atoms with Crippen LogP contribution < -0.4 is 5.32 Å². The van der Waals surface area contributed by atoms with Gasteiger partial charge < -0.3 is 5.32 Å². The van der Waals surface area contributed by atoms with Crippen molar-refractivity contribution in [1.82, 2.24) is 5.32 Å². The molecule has 3 unspecified atom stereocenters. The van der Waals surface area contributed by atoms with Crippen molar-refractivity contribution in [2.75, 3.05) is 7.05 Å². The minimum absolute atomic E-state index is 0.0163. The van der Waals surface area contributed by atoms with Crippen molar-refractivity contribution in [3.63, 3.8) is 0 Å². The second-order valence-corrected chi connectivity index (χ2v) is 5.50. The molecule has 2 rings (SSSR count). The van der Waals surface area contributed by atoms with E-state index in [0.717, 1.165) is 12.1 Å². The summed E-state index contributed by atoms with van der Waals surface area (Å²) in [5.74, 6) is -3.99. The smallest absolute Gasteiger partial charge is 0.313 e. The van der Waals surface area contributed by atoms with Crippen molar-refractivity contribution in [2.24, 2.45) is 11.8 Å². The number of nitrogens with one attached hydrogen (secondary N) is 1. The van der Waals surface area contributed by atoms with Crippen LogP contribution >= 0.6 is 0 Å². The first kappa shape index (κ1) is 16.2. The molecule has 0 radical (unpaired) electrons. The van der Waals surface area contributed by atoms with Crippen LogP contribution in [0, 0.1) is 23.5 Å². The van der Waals surface area contributed by atoms with E-state index in [1.54, 1.807) is 0 Å². The van der Waals surface area contributed by atoms with Crippen LogP contribution in [0.25, 0.3) is 0 Å². The molecule has 1 aromatic rings. The van der Waals surface area contributed by atoms with Crippen molar-refractivity contribution in [3.8, 4) is 0 Å². The molecule has 1 aliphatic rings.